The van der Waals surface area contributed by atoms with Gasteiger partial charge in [-0.2, -0.15) is 5.26 Å². The molecule has 108 valence electrons. The van der Waals surface area contributed by atoms with Gasteiger partial charge in [-0.25, -0.2) is 4.39 Å². The zero-order valence-corrected chi connectivity index (χ0v) is 12.1. The van der Waals surface area contributed by atoms with E-state index in [1.54, 1.807) is 12.1 Å². The zero-order valence-electron chi connectivity index (χ0n) is 12.1. The lowest BCUT2D eigenvalue weighted by Crippen LogP contribution is -2.30. The van der Waals surface area contributed by atoms with Crippen molar-refractivity contribution in [3.63, 3.8) is 0 Å². The fraction of sp³-hybridized carbons (Fsp3) is 0.500. The summed E-state index contributed by atoms with van der Waals surface area (Å²) in [4.78, 5) is 12.0. The Bertz CT molecular complexity index is 488. The molecule has 4 heteroatoms. The summed E-state index contributed by atoms with van der Waals surface area (Å²) in [7, 11) is 0. The molecule has 0 spiro atoms. The molecule has 1 amide bonds. The van der Waals surface area contributed by atoms with Crippen molar-refractivity contribution in [3.05, 3.63) is 35.1 Å². The normalized spacial score (nSPS) is 10.3. The number of nitriles is 1. The molecule has 20 heavy (non-hydrogen) atoms. The summed E-state index contributed by atoms with van der Waals surface area (Å²) in [6, 6.07) is 6.18. The molecular formula is C16H21FN2O. The van der Waals surface area contributed by atoms with Crippen molar-refractivity contribution in [2.45, 2.75) is 46.1 Å². The van der Waals surface area contributed by atoms with Crippen LogP contribution in [0.2, 0.25) is 0 Å². The van der Waals surface area contributed by atoms with Gasteiger partial charge < -0.3 is 5.32 Å². The summed E-state index contributed by atoms with van der Waals surface area (Å²) in [6.45, 7) is 4.27. The summed E-state index contributed by atoms with van der Waals surface area (Å²) < 4.78 is 13.7. The van der Waals surface area contributed by atoms with Crippen LogP contribution in [-0.2, 0) is 11.3 Å². The molecule has 0 bridgehead atoms. The number of hydrogen-bond acceptors (Lipinski definition) is 2. The van der Waals surface area contributed by atoms with Crippen LogP contribution in [0.4, 0.5) is 4.39 Å². The first-order chi connectivity index (χ1) is 9.62. The Hall–Kier alpha value is -1.89. The number of amides is 1. The van der Waals surface area contributed by atoms with Crippen molar-refractivity contribution in [3.8, 4) is 6.07 Å². The summed E-state index contributed by atoms with van der Waals surface area (Å²) in [5.74, 6) is -0.462. The minimum Gasteiger partial charge on any atom is -0.352 e. The number of carbonyl (C=O) groups is 1. The van der Waals surface area contributed by atoms with E-state index in [1.807, 2.05) is 6.07 Å². The second-order valence-corrected chi connectivity index (χ2v) is 4.91. The van der Waals surface area contributed by atoms with Crippen molar-refractivity contribution in [1.29, 1.82) is 5.26 Å². The van der Waals surface area contributed by atoms with Crippen LogP contribution in [0.5, 0.6) is 0 Å². The van der Waals surface area contributed by atoms with Crippen LogP contribution < -0.4 is 5.32 Å². The Kier molecular flexibility index (Phi) is 6.72. The Morgan fingerprint density at radius 3 is 2.50 bits per heavy atom. The third-order valence-electron chi connectivity index (χ3n) is 3.28. The Labute approximate surface area is 119 Å². The number of benzene rings is 1. The lowest BCUT2D eigenvalue weighted by Gasteiger charge is -2.15. The highest BCUT2D eigenvalue weighted by atomic mass is 19.1. The van der Waals surface area contributed by atoms with E-state index in [9.17, 15) is 9.18 Å². The maximum Gasteiger partial charge on any atom is 0.223 e. The fourth-order valence-electron chi connectivity index (χ4n) is 2.19. The molecule has 1 rings (SSSR count). The van der Waals surface area contributed by atoms with Gasteiger partial charge in [0.05, 0.1) is 11.6 Å². The second-order valence-electron chi connectivity index (χ2n) is 4.91. The average Bonchev–Trinajstić information content (AvgIpc) is 2.45. The van der Waals surface area contributed by atoms with E-state index in [4.69, 9.17) is 5.26 Å². The zero-order chi connectivity index (χ0) is 15.0. The number of rotatable bonds is 7. The lowest BCUT2D eigenvalue weighted by atomic mass is 9.97. The Morgan fingerprint density at radius 2 is 2.00 bits per heavy atom. The first-order valence-electron chi connectivity index (χ1n) is 7.08. The highest BCUT2D eigenvalue weighted by molar-refractivity contribution is 5.78. The van der Waals surface area contributed by atoms with E-state index in [1.165, 1.54) is 6.07 Å². The molecule has 1 N–H and O–H groups in total. The van der Waals surface area contributed by atoms with E-state index >= 15 is 0 Å². The first kappa shape index (κ1) is 16.2. The molecule has 0 aliphatic carbocycles. The lowest BCUT2D eigenvalue weighted by molar-refractivity contribution is -0.125. The van der Waals surface area contributed by atoms with Crippen molar-refractivity contribution in [1.82, 2.24) is 5.32 Å². The van der Waals surface area contributed by atoms with Crippen molar-refractivity contribution >= 4 is 5.91 Å². The van der Waals surface area contributed by atoms with Gasteiger partial charge in [-0.15, -0.1) is 0 Å². The SMILES string of the molecule is CCCC(CCC)C(=O)NCc1ccc(C#N)cc1F. The molecule has 3 nitrogen and oxygen atoms in total. The van der Waals surface area contributed by atoms with Gasteiger partial charge in [0.2, 0.25) is 5.91 Å². The number of halogens is 1. The molecule has 0 radical (unpaired) electrons. The summed E-state index contributed by atoms with van der Waals surface area (Å²) in [6.07, 6.45) is 3.64. The van der Waals surface area contributed by atoms with E-state index in [0.717, 1.165) is 25.7 Å². The quantitative estimate of drug-likeness (QED) is 0.828. The van der Waals surface area contributed by atoms with Gasteiger partial charge in [0, 0.05) is 18.0 Å². The molecule has 0 heterocycles. The van der Waals surface area contributed by atoms with Crippen molar-refractivity contribution in [2.75, 3.05) is 0 Å². The number of carbonyl (C=O) groups excluding carboxylic acids is 1. The van der Waals surface area contributed by atoms with Gasteiger partial charge in [0.1, 0.15) is 5.82 Å². The monoisotopic (exact) mass is 276 g/mol. The molecule has 0 saturated carbocycles. The standard InChI is InChI=1S/C16H21FN2O/c1-3-5-13(6-4-2)16(20)19-11-14-8-7-12(10-18)9-15(14)17/h7-9,13H,3-6,11H2,1-2H3,(H,19,20). The van der Waals surface area contributed by atoms with E-state index in [0.29, 0.717) is 5.56 Å². The number of nitrogens with one attached hydrogen (secondary N) is 1. The molecule has 0 unspecified atom stereocenters. The van der Waals surface area contributed by atoms with E-state index in [2.05, 4.69) is 19.2 Å². The summed E-state index contributed by atoms with van der Waals surface area (Å²) >= 11 is 0. The van der Waals surface area contributed by atoms with Crippen LogP contribution in [0.25, 0.3) is 0 Å². The highest BCUT2D eigenvalue weighted by Gasteiger charge is 2.16. The first-order valence-corrected chi connectivity index (χ1v) is 7.08. The minimum absolute atomic E-state index is 0.00597. The Morgan fingerprint density at radius 1 is 1.35 bits per heavy atom. The van der Waals surface area contributed by atoms with E-state index in [-0.39, 0.29) is 23.9 Å². The van der Waals surface area contributed by atoms with E-state index < -0.39 is 5.82 Å². The van der Waals surface area contributed by atoms with Gasteiger partial charge >= 0.3 is 0 Å². The molecule has 0 atom stereocenters. The second kappa shape index (κ2) is 8.31. The molecule has 0 fully saturated rings. The van der Waals surface area contributed by atoms with Crippen LogP contribution in [0.3, 0.4) is 0 Å². The molecule has 0 aliphatic rings. The summed E-state index contributed by atoms with van der Waals surface area (Å²) in [5.41, 5.74) is 0.691. The third-order valence-corrected chi connectivity index (χ3v) is 3.28. The predicted molar refractivity (Wildman–Crippen MR) is 76.3 cm³/mol. The average molecular weight is 276 g/mol. The predicted octanol–water partition coefficient (Wildman–Crippen LogP) is 3.53. The minimum atomic E-state index is -0.452. The maximum absolute atomic E-state index is 13.7. The highest BCUT2D eigenvalue weighted by Crippen LogP contribution is 2.15. The van der Waals surface area contributed by atoms with Crippen molar-refractivity contribution < 1.29 is 9.18 Å². The molecule has 1 aromatic rings. The molecule has 0 aromatic heterocycles. The summed E-state index contributed by atoms with van der Waals surface area (Å²) in [5, 5.41) is 11.5. The molecule has 0 saturated heterocycles. The van der Waals surface area contributed by atoms with Crippen LogP contribution >= 0.6 is 0 Å². The van der Waals surface area contributed by atoms with Gasteiger partial charge in [0.15, 0.2) is 0 Å². The number of nitrogens with zero attached hydrogens (tertiary/aromatic N) is 1. The van der Waals surface area contributed by atoms with Gasteiger partial charge in [0.25, 0.3) is 0 Å². The third kappa shape index (κ3) is 4.65. The van der Waals surface area contributed by atoms with Gasteiger partial charge in [-0.3, -0.25) is 4.79 Å². The van der Waals surface area contributed by atoms with Crippen molar-refractivity contribution in [2.24, 2.45) is 5.92 Å². The smallest absolute Gasteiger partial charge is 0.223 e. The molecule has 0 aliphatic heterocycles. The fourth-order valence-corrected chi connectivity index (χ4v) is 2.19. The van der Waals surface area contributed by atoms with Crippen LogP contribution in [0.1, 0.15) is 50.7 Å². The number of hydrogen-bond donors (Lipinski definition) is 1. The molecule has 1 aromatic carbocycles. The van der Waals surface area contributed by atoms with Gasteiger partial charge in [-0.1, -0.05) is 32.8 Å². The van der Waals surface area contributed by atoms with Crippen LogP contribution in [-0.4, -0.2) is 5.91 Å². The van der Waals surface area contributed by atoms with Gasteiger partial charge in [-0.05, 0) is 25.0 Å². The Balaban J connectivity index is 2.62. The molecular weight excluding hydrogens is 255 g/mol. The largest absolute Gasteiger partial charge is 0.352 e. The maximum atomic E-state index is 13.7. The van der Waals surface area contributed by atoms with Crippen LogP contribution in [0.15, 0.2) is 18.2 Å². The van der Waals surface area contributed by atoms with Crippen LogP contribution in [0, 0.1) is 23.1 Å². The topological polar surface area (TPSA) is 52.9 Å².